The Hall–Kier alpha value is -2.08. The van der Waals surface area contributed by atoms with Gasteiger partial charge in [-0.05, 0) is 51.1 Å². The molecular weight excluding hydrogens is 294 g/mol. The molecule has 1 fully saturated rings. The summed E-state index contributed by atoms with van der Waals surface area (Å²) in [5.74, 6) is 0.491. The first-order valence-electron chi connectivity index (χ1n) is 8.07. The molecule has 0 aromatic heterocycles. The molecule has 0 spiro atoms. The highest BCUT2D eigenvalue weighted by Crippen LogP contribution is 2.27. The first kappa shape index (κ1) is 17.3. The molecule has 1 saturated heterocycles. The molecule has 0 bridgehead atoms. The minimum atomic E-state index is -0.0793. The van der Waals surface area contributed by atoms with Crippen LogP contribution >= 0.6 is 0 Å². The van der Waals surface area contributed by atoms with Crippen molar-refractivity contribution in [3.05, 3.63) is 23.8 Å². The molecule has 0 atom stereocenters. The number of carbonyl (C=O) groups excluding carboxylic acids is 2. The standard InChI is InChI=1S/C17H25N3O3/c1-18-9-5-6-16(21)19-14-12-13(7-8-15(14)23-2)17(22)20-10-3-4-11-20/h7-8,12,18H,3-6,9-11H2,1-2H3,(H,19,21). The maximum atomic E-state index is 12.5. The van der Waals surface area contributed by atoms with Crippen LogP contribution in [0.15, 0.2) is 18.2 Å². The summed E-state index contributed by atoms with van der Waals surface area (Å²) < 4.78 is 5.28. The summed E-state index contributed by atoms with van der Waals surface area (Å²) in [6.07, 6.45) is 3.29. The fourth-order valence-corrected chi connectivity index (χ4v) is 2.68. The number of hydrogen-bond donors (Lipinski definition) is 2. The summed E-state index contributed by atoms with van der Waals surface area (Å²) in [5.41, 5.74) is 1.13. The number of methoxy groups -OCH3 is 1. The van der Waals surface area contributed by atoms with E-state index in [4.69, 9.17) is 4.74 Å². The van der Waals surface area contributed by atoms with Gasteiger partial charge in [-0.2, -0.15) is 0 Å². The Balaban J connectivity index is 2.08. The van der Waals surface area contributed by atoms with E-state index in [9.17, 15) is 9.59 Å². The molecule has 1 aromatic rings. The highest BCUT2D eigenvalue weighted by molar-refractivity contribution is 5.98. The number of rotatable bonds is 7. The molecule has 1 aromatic carbocycles. The molecule has 6 heteroatoms. The average molecular weight is 319 g/mol. The number of ether oxygens (including phenoxy) is 1. The summed E-state index contributed by atoms with van der Waals surface area (Å²) in [5, 5.41) is 5.85. The Labute approximate surface area is 137 Å². The number of benzene rings is 1. The van der Waals surface area contributed by atoms with Crippen molar-refractivity contribution >= 4 is 17.5 Å². The molecule has 2 rings (SSSR count). The molecule has 2 amide bonds. The molecule has 1 aliphatic rings. The molecule has 126 valence electrons. The largest absolute Gasteiger partial charge is 0.495 e. The minimum Gasteiger partial charge on any atom is -0.495 e. The fourth-order valence-electron chi connectivity index (χ4n) is 2.68. The van der Waals surface area contributed by atoms with Gasteiger partial charge in [0.15, 0.2) is 0 Å². The lowest BCUT2D eigenvalue weighted by molar-refractivity contribution is -0.116. The van der Waals surface area contributed by atoms with Crippen molar-refractivity contribution in [3.8, 4) is 5.75 Å². The van der Waals surface area contributed by atoms with Crippen LogP contribution in [0.3, 0.4) is 0 Å². The van der Waals surface area contributed by atoms with Crippen LogP contribution in [0.2, 0.25) is 0 Å². The van der Waals surface area contributed by atoms with Gasteiger partial charge in [0.05, 0.1) is 12.8 Å². The van der Waals surface area contributed by atoms with Crippen LogP contribution in [0.25, 0.3) is 0 Å². The van der Waals surface area contributed by atoms with Gasteiger partial charge < -0.3 is 20.3 Å². The molecule has 2 N–H and O–H groups in total. The Morgan fingerprint density at radius 3 is 2.65 bits per heavy atom. The third kappa shape index (κ3) is 4.69. The van der Waals surface area contributed by atoms with E-state index in [-0.39, 0.29) is 11.8 Å². The van der Waals surface area contributed by atoms with Crippen molar-refractivity contribution in [2.45, 2.75) is 25.7 Å². The predicted octanol–water partition coefficient (Wildman–Crippen LogP) is 1.87. The quantitative estimate of drug-likeness (QED) is 0.753. The van der Waals surface area contributed by atoms with Crippen molar-refractivity contribution < 1.29 is 14.3 Å². The maximum Gasteiger partial charge on any atom is 0.253 e. The van der Waals surface area contributed by atoms with Crippen LogP contribution in [0.1, 0.15) is 36.0 Å². The van der Waals surface area contributed by atoms with Crippen molar-refractivity contribution in [3.63, 3.8) is 0 Å². The van der Waals surface area contributed by atoms with E-state index in [0.717, 1.165) is 38.9 Å². The third-order valence-electron chi connectivity index (χ3n) is 3.94. The lowest BCUT2D eigenvalue weighted by Crippen LogP contribution is -2.27. The van der Waals surface area contributed by atoms with Gasteiger partial charge in [0, 0.05) is 25.1 Å². The Morgan fingerprint density at radius 1 is 1.26 bits per heavy atom. The van der Waals surface area contributed by atoms with E-state index in [1.807, 2.05) is 11.9 Å². The van der Waals surface area contributed by atoms with Crippen molar-refractivity contribution in [2.24, 2.45) is 0 Å². The SMILES string of the molecule is CNCCCC(=O)Nc1cc(C(=O)N2CCCC2)ccc1OC. The molecule has 0 radical (unpaired) electrons. The lowest BCUT2D eigenvalue weighted by atomic mass is 10.1. The molecule has 23 heavy (non-hydrogen) atoms. The molecule has 1 heterocycles. The topological polar surface area (TPSA) is 70.7 Å². The van der Waals surface area contributed by atoms with Crippen LogP contribution in [-0.2, 0) is 4.79 Å². The highest BCUT2D eigenvalue weighted by atomic mass is 16.5. The normalized spacial score (nSPS) is 13.9. The Morgan fingerprint density at radius 2 is 2.00 bits per heavy atom. The predicted molar refractivity (Wildman–Crippen MR) is 89.9 cm³/mol. The van der Waals surface area contributed by atoms with Gasteiger partial charge in [0.1, 0.15) is 5.75 Å². The van der Waals surface area contributed by atoms with Crippen LogP contribution < -0.4 is 15.4 Å². The second-order valence-electron chi connectivity index (χ2n) is 5.67. The zero-order valence-electron chi connectivity index (χ0n) is 13.9. The van der Waals surface area contributed by atoms with E-state index >= 15 is 0 Å². The smallest absolute Gasteiger partial charge is 0.253 e. The van der Waals surface area contributed by atoms with Crippen molar-refractivity contribution in [2.75, 3.05) is 39.1 Å². The molecule has 6 nitrogen and oxygen atoms in total. The lowest BCUT2D eigenvalue weighted by Gasteiger charge is -2.17. The van der Waals surface area contributed by atoms with E-state index in [1.54, 1.807) is 25.3 Å². The highest BCUT2D eigenvalue weighted by Gasteiger charge is 2.20. The monoisotopic (exact) mass is 319 g/mol. The Kier molecular flexibility index (Phi) is 6.40. The Bertz CT molecular complexity index is 554. The van der Waals surface area contributed by atoms with Crippen LogP contribution in [-0.4, -0.2) is 50.5 Å². The van der Waals surface area contributed by atoms with Gasteiger partial charge in [-0.3, -0.25) is 9.59 Å². The minimum absolute atomic E-state index is 0.0100. The first-order valence-corrected chi connectivity index (χ1v) is 8.07. The number of amides is 2. The van der Waals surface area contributed by atoms with Crippen molar-refractivity contribution in [1.29, 1.82) is 0 Å². The summed E-state index contributed by atoms with van der Waals surface area (Å²) in [7, 11) is 3.41. The number of likely N-dealkylation sites (tertiary alicyclic amines) is 1. The van der Waals surface area contributed by atoms with Crippen molar-refractivity contribution in [1.82, 2.24) is 10.2 Å². The van der Waals surface area contributed by atoms with Gasteiger partial charge in [-0.25, -0.2) is 0 Å². The van der Waals surface area contributed by atoms with E-state index in [0.29, 0.717) is 23.4 Å². The zero-order valence-corrected chi connectivity index (χ0v) is 13.9. The maximum absolute atomic E-state index is 12.5. The van der Waals surface area contributed by atoms with Crippen LogP contribution in [0, 0.1) is 0 Å². The molecular formula is C17H25N3O3. The number of anilines is 1. The molecule has 0 unspecified atom stereocenters. The number of hydrogen-bond acceptors (Lipinski definition) is 4. The zero-order chi connectivity index (χ0) is 16.7. The molecule has 1 aliphatic heterocycles. The number of carbonyl (C=O) groups is 2. The first-order chi connectivity index (χ1) is 11.2. The molecule has 0 aliphatic carbocycles. The van der Waals surface area contributed by atoms with Gasteiger partial charge in [0.2, 0.25) is 5.91 Å². The molecule has 0 saturated carbocycles. The van der Waals surface area contributed by atoms with Gasteiger partial charge in [-0.15, -0.1) is 0 Å². The summed E-state index contributed by atoms with van der Waals surface area (Å²) in [6, 6.07) is 5.18. The van der Waals surface area contributed by atoms with Gasteiger partial charge in [0.25, 0.3) is 5.91 Å². The van der Waals surface area contributed by atoms with E-state index in [2.05, 4.69) is 10.6 Å². The van der Waals surface area contributed by atoms with Gasteiger partial charge in [-0.1, -0.05) is 0 Å². The van der Waals surface area contributed by atoms with E-state index in [1.165, 1.54) is 0 Å². The van der Waals surface area contributed by atoms with Gasteiger partial charge >= 0.3 is 0 Å². The van der Waals surface area contributed by atoms with Crippen LogP contribution in [0.5, 0.6) is 5.75 Å². The fraction of sp³-hybridized carbons (Fsp3) is 0.529. The average Bonchev–Trinajstić information content (AvgIpc) is 3.09. The summed E-state index contributed by atoms with van der Waals surface area (Å²) in [4.78, 5) is 26.3. The van der Waals surface area contributed by atoms with E-state index < -0.39 is 0 Å². The number of nitrogens with zero attached hydrogens (tertiary/aromatic N) is 1. The second kappa shape index (κ2) is 8.53. The summed E-state index contributed by atoms with van der Waals surface area (Å²) >= 11 is 0. The number of nitrogens with one attached hydrogen (secondary N) is 2. The summed E-state index contributed by atoms with van der Waals surface area (Å²) in [6.45, 7) is 2.39. The third-order valence-corrected chi connectivity index (χ3v) is 3.94. The van der Waals surface area contributed by atoms with Crippen LogP contribution in [0.4, 0.5) is 5.69 Å². The second-order valence-corrected chi connectivity index (χ2v) is 5.67.